The molecule has 3 rings (SSSR count). The third kappa shape index (κ3) is 7.01. The van der Waals surface area contributed by atoms with Crippen molar-refractivity contribution in [2.45, 2.75) is 57.3 Å². The molecule has 0 radical (unpaired) electrons. The molecule has 0 spiro atoms. The summed E-state index contributed by atoms with van der Waals surface area (Å²) >= 11 is 0. The molecule has 0 bridgehead atoms. The first kappa shape index (κ1) is 24.7. The van der Waals surface area contributed by atoms with Gasteiger partial charge in [0.25, 0.3) is 0 Å². The van der Waals surface area contributed by atoms with E-state index in [1.165, 1.54) is 6.07 Å². The number of sulfonamides is 1. The predicted molar refractivity (Wildman–Crippen MR) is 117 cm³/mol. The van der Waals surface area contributed by atoms with E-state index in [1.807, 2.05) is 18.6 Å². The average molecular weight is 490 g/mol. The van der Waals surface area contributed by atoms with Gasteiger partial charge in [-0.15, -0.1) is 0 Å². The summed E-state index contributed by atoms with van der Waals surface area (Å²) in [6.45, 7) is 3.68. The van der Waals surface area contributed by atoms with Crippen molar-refractivity contribution in [2.75, 3.05) is 16.3 Å². The maximum Gasteiger partial charge on any atom is 0.418 e. The minimum Gasteiger partial charge on any atom is -0.446 e. The predicted octanol–water partition coefficient (Wildman–Crippen LogP) is 4.31. The summed E-state index contributed by atoms with van der Waals surface area (Å²) in [6.07, 6.45) is -2.60. The molecule has 2 atom stereocenters. The van der Waals surface area contributed by atoms with Crippen molar-refractivity contribution < 1.29 is 31.1 Å². The molecule has 1 heterocycles. The van der Waals surface area contributed by atoms with E-state index in [0.717, 1.165) is 30.5 Å². The number of carbonyl (C=O) groups is 1. The molecule has 0 aliphatic heterocycles. The molecule has 1 fully saturated rings. The zero-order valence-corrected chi connectivity index (χ0v) is 19.1. The summed E-state index contributed by atoms with van der Waals surface area (Å²) in [6, 6.07) is 4.85. The highest BCUT2D eigenvalue weighted by Crippen LogP contribution is 2.38. The Bertz CT molecular complexity index is 1100. The Morgan fingerprint density at radius 1 is 1.24 bits per heavy atom. The zero-order chi connectivity index (χ0) is 24.4. The third-order valence-electron chi connectivity index (χ3n) is 4.99. The fourth-order valence-electron chi connectivity index (χ4n) is 3.65. The molecule has 33 heavy (non-hydrogen) atoms. The van der Waals surface area contributed by atoms with E-state index in [2.05, 4.69) is 20.8 Å². The van der Waals surface area contributed by atoms with Crippen LogP contribution < -0.4 is 15.4 Å². The maximum atomic E-state index is 13.4. The van der Waals surface area contributed by atoms with E-state index in [9.17, 15) is 26.4 Å². The molecular formula is C20H26F3N5O4S. The highest BCUT2D eigenvalue weighted by molar-refractivity contribution is 7.92. The Morgan fingerprint density at radius 3 is 2.61 bits per heavy atom. The number of rotatable bonds is 7. The Morgan fingerprint density at radius 2 is 1.97 bits per heavy atom. The summed E-state index contributed by atoms with van der Waals surface area (Å²) < 4.78 is 70.3. The molecule has 1 aromatic carbocycles. The minimum atomic E-state index is -4.76. The van der Waals surface area contributed by atoms with E-state index < -0.39 is 33.5 Å². The van der Waals surface area contributed by atoms with Gasteiger partial charge in [-0.2, -0.15) is 18.3 Å². The molecule has 1 amide bonds. The summed E-state index contributed by atoms with van der Waals surface area (Å²) in [5, 5.41) is 12.5. The summed E-state index contributed by atoms with van der Waals surface area (Å²) in [5.41, 5.74) is -0.808. The van der Waals surface area contributed by atoms with E-state index in [-0.39, 0.29) is 23.8 Å². The quantitative estimate of drug-likeness (QED) is 0.459. The van der Waals surface area contributed by atoms with Crippen LogP contribution >= 0.6 is 0 Å². The molecule has 1 aromatic heterocycles. The maximum absolute atomic E-state index is 13.4. The number of alkyl carbamates (subject to hydrolysis) is 1. The number of anilines is 3. The van der Waals surface area contributed by atoms with Gasteiger partial charge in [0.1, 0.15) is 6.10 Å². The van der Waals surface area contributed by atoms with Crippen LogP contribution in [0.25, 0.3) is 0 Å². The number of nitrogens with zero attached hydrogens (tertiary/aromatic N) is 1. The van der Waals surface area contributed by atoms with Crippen LogP contribution in [0.3, 0.4) is 0 Å². The van der Waals surface area contributed by atoms with Gasteiger partial charge in [0.05, 0.1) is 17.5 Å². The van der Waals surface area contributed by atoms with Crippen molar-refractivity contribution in [1.82, 2.24) is 15.5 Å². The van der Waals surface area contributed by atoms with Gasteiger partial charge in [-0.3, -0.25) is 9.82 Å². The SMILES string of the molecule is CC(C)NC(=O)O[C@H]1CC[C@@H](c2cc(Nc3ccc(NS(C)(=O)=O)c(C(F)(F)F)c3)n[nH]2)C1. The number of alkyl halides is 3. The van der Waals surface area contributed by atoms with E-state index in [1.54, 1.807) is 6.07 Å². The summed E-state index contributed by atoms with van der Waals surface area (Å²) in [4.78, 5) is 11.8. The average Bonchev–Trinajstić information content (AvgIpc) is 3.29. The standard InChI is InChI=1S/C20H26F3N5O4S/c1-11(2)24-19(29)32-14-6-4-12(8-14)17-10-18(27-26-17)25-13-5-7-16(28-33(3,30)31)15(9-13)20(21,22)23/h5,7,9-12,14,28H,4,6,8H2,1-3H3,(H,24,29)(H2,25,26,27)/t12-,14+/m1/s1. The highest BCUT2D eigenvalue weighted by Gasteiger charge is 2.35. The second kappa shape index (κ2) is 9.49. The highest BCUT2D eigenvalue weighted by atomic mass is 32.2. The number of benzene rings is 1. The van der Waals surface area contributed by atoms with Crippen molar-refractivity contribution in [2.24, 2.45) is 0 Å². The van der Waals surface area contributed by atoms with Gasteiger partial charge < -0.3 is 15.4 Å². The molecule has 4 N–H and O–H groups in total. The van der Waals surface area contributed by atoms with Crippen molar-refractivity contribution >= 4 is 33.3 Å². The second-order valence-electron chi connectivity index (χ2n) is 8.30. The summed E-state index contributed by atoms with van der Waals surface area (Å²) in [5.74, 6) is 0.376. The smallest absolute Gasteiger partial charge is 0.418 e. The normalized spacial score (nSPS) is 18.9. The fourth-order valence-corrected chi connectivity index (χ4v) is 4.23. The molecule has 1 aliphatic carbocycles. The first-order chi connectivity index (χ1) is 15.3. The Labute approximate surface area is 189 Å². The number of halogens is 3. The molecule has 13 heteroatoms. The van der Waals surface area contributed by atoms with Crippen molar-refractivity contribution in [3.05, 3.63) is 35.5 Å². The first-order valence-corrected chi connectivity index (χ1v) is 12.2. The van der Waals surface area contributed by atoms with Crippen LogP contribution in [0.5, 0.6) is 0 Å². The minimum absolute atomic E-state index is 0.0231. The number of H-pyrrole nitrogens is 1. The molecule has 9 nitrogen and oxygen atoms in total. The van der Waals surface area contributed by atoms with E-state index in [4.69, 9.17) is 4.74 Å². The molecule has 182 valence electrons. The van der Waals surface area contributed by atoms with Gasteiger partial charge in [-0.25, -0.2) is 13.2 Å². The van der Waals surface area contributed by atoms with Crippen LogP contribution in [0.1, 0.15) is 50.3 Å². The van der Waals surface area contributed by atoms with Gasteiger partial charge >= 0.3 is 12.3 Å². The molecule has 1 saturated carbocycles. The number of amides is 1. The zero-order valence-electron chi connectivity index (χ0n) is 18.3. The first-order valence-electron chi connectivity index (χ1n) is 10.3. The van der Waals surface area contributed by atoms with Gasteiger partial charge in [0.2, 0.25) is 10.0 Å². The van der Waals surface area contributed by atoms with Gasteiger partial charge in [-0.1, -0.05) is 0 Å². The number of nitrogens with one attached hydrogen (secondary N) is 4. The number of carbonyl (C=O) groups excluding carboxylic acids is 1. The van der Waals surface area contributed by atoms with Gasteiger partial charge in [-0.05, 0) is 51.3 Å². The fraction of sp³-hybridized carbons (Fsp3) is 0.500. The van der Waals surface area contributed by atoms with Crippen LogP contribution in [0.4, 0.5) is 35.2 Å². The number of aromatic amines is 1. The molecule has 2 aromatic rings. The third-order valence-corrected chi connectivity index (χ3v) is 5.59. The number of hydrogen-bond acceptors (Lipinski definition) is 6. The largest absolute Gasteiger partial charge is 0.446 e. The number of aromatic nitrogens is 2. The van der Waals surface area contributed by atoms with E-state index in [0.29, 0.717) is 18.7 Å². The van der Waals surface area contributed by atoms with Crippen molar-refractivity contribution in [1.29, 1.82) is 0 Å². The van der Waals surface area contributed by atoms with Crippen LogP contribution in [-0.2, 0) is 20.9 Å². The molecular weight excluding hydrogens is 463 g/mol. The number of hydrogen-bond donors (Lipinski definition) is 4. The Kier molecular flexibility index (Phi) is 7.10. The number of ether oxygens (including phenoxy) is 1. The lowest BCUT2D eigenvalue weighted by Crippen LogP contribution is -2.33. The molecule has 1 aliphatic rings. The lowest BCUT2D eigenvalue weighted by Gasteiger charge is -2.15. The van der Waals surface area contributed by atoms with Crippen molar-refractivity contribution in [3.63, 3.8) is 0 Å². The van der Waals surface area contributed by atoms with Crippen LogP contribution in [0, 0.1) is 0 Å². The van der Waals surface area contributed by atoms with Crippen LogP contribution in [-0.4, -0.2) is 43.1 Å². The second-order valence-corrected chi connectivity index (χ2v) is 10.1. The van der Waals surface area contributed by atoms with Crippen LogP contribution in [0.15, 0.2) is 24.3 Å². The lowest BCUT2D eigenvalue weighted by molar-refractivity contribution is -0.136. The van der Waals surface area contributed by atoms with Gasteiger partial charge in [0, 0.05) is 29.4 Å². The Balaban J connectivity index is 1.68. The van der Waals surface area contributed by atoms with Crippen LogP contribution in [0.2, 0.25) is 0 Å². The van der Waals surface area contributed by atoms with E-state index >= 15 is 0 Å². The Hall–Kier alpha value is -2.96. The monoisotopic (exact) mass is 489 g/mol. The molecule has 0 unspecified atom stereocenters. The van der Waals surface area contributed by atoms with Crippen molar-refractivity contribution in [3.8, 4) is 0 Å². The lowest BCUT2D eigenvalue weighted by atomic mass is 10.0. The molecule has 0 saturated heterocycles. The topological polar surface area (TPSA) is 125 Å². The van der Waals surface area contributed by atoms with Gasteiger partial charge in [0.15, 0.2) is 5.82 Å². The summed E-state index contributed by atoms with van der Waals surface area (Å²) in [7, 11) is -3.88.